The zero-order chi connectivity index (χ0) is 9.80. The summed E-state index contributed by atoms with van der Waals surface area (Å²) < 4.78 is 11.3. The third-order valence-electron chi connectivity index (χ3n) is 3.36. The Morgan fingerprint density at radius 1 is 1.07 bits per heavy atom. The molecule has 2 aliphatic rings. The van der Waals surface area contributed by atoms with Gasteiger partial charge in [0, 0.05) is 12.6 Å². The average molecular weight is 199 g/mol. The zero-order valence-electron chi connectivity index (χ0n) is 9.00. The van der Waals surface area contributed by atoms with Crippen molar-refractivity contribution in [3.05, 3.63) is 0 Å². The van der Waals surface area contributed by atoms with E-state index in [1.807, 2.05) is 0 Å². The molecule has 1 unspecified atom stereocenters. The highest BCUT2D eigenvalue weighted by atomic mass is 16.5. The minimum Gasteiger partial charge on any atom is -0.379 e. The van der Waals surface area contributed by atoms with Crippen LogP contribution in [0.15, 0.2) is 0 Å². The van der Waals surface area contributed by atoms with Crippen LogP contribution in [0.2, 0.25) is 0 Å². The van der Waals surface area contributed by atoms with Crippen LogP contribution in [0.5, 0.6) is 0 Å². The summed E-state index contributed by atoms with van der Waals surface area (Å²) in [6.45, 7) is 1.70. The van der Waals surface area contributed by atoms with Crippen molar-refractivity contribution in [3.63, 3.8) is 0 Å². The van der Waals surface area contributed by atoms with Gasteiger partial charge in [-0.25, -0.2) is 0 Å². The van der Waals surface area contributed by atoms with E-state index in [1.165, 1.54) is 25.7 Å². The van der Waals surface area contributed by atoms with Crippen molar-refractivity contribution in [1.29, 1.82) is 0 Å². The molecule has 1 saturated carbocycles. The van der Waals surface area contributed by atoms with Gasteiger partial charge in [0.05, 0.1) is 18.8 Å². The van der Waals surface area contributed by atoms with Crippen LogP contribution in [-0.2, 0) is 9.47 Å². The van der Waals surface area contributed by atoms with E-state index in [0.29, 0.717) is 12.2 Å². The molecular weight excluding hydrogens is 178 g/mol. The number of ether oxygens (including phenoxy) is 2. The van der Waals surface area contributed by atoms with Gasteiger partial charge in [-0.15, -0.1) is 0 Å². The Hall–Kier alpha value is -0.120. The maximum Gasteiger partial charge on any atom is 0.0834 e. The molecule has 0 aromatic carbocycles. The van der Waals surface area contributed by atoms with Crippen LogP contribution < -0.4 is 5.32 Å². The summed E-state index contributed by atoms with van der Waals surface area (Å²) >= 11 is 0. The van der Waals surface area contributed by atoms with E-state index in [9.17, 15) is 0 Å². The summed E-state index contributed by atoms with van der Waals surface area (Å²) in [6.07, 6.45) is 6.90. The summed E-state index contributed by atoms with van der Waals surface area (Å²) in [6, 6.07) is 0.717. The molecule has 1 N–H and O–H groups in total. The Balaban J connectivity index is 1.67. The Morgan fingerprint density at radius 3 is 2.43 bits per heavy atom. The van der Waals surface area contributed by atoms with Gasteiger partial charge in [0.25, 0.3) is 0 Å². The quantitative estimate of drug-likeness (QED) is 0.743. The smallest absolute Gasteiger partial charge is 0.0834 e. The topological polar surface area (TPSA) is 30.5 Å². The maximum absolute atomic E-state index is 5.99. The van der Waals surface area contributed by atoms with Gasteiger partial charge < -0.3 is 14.8 Å². The van der Waals surface area contributed by atoms with E-state index in [-0.39, 0.29) is 0 Å². The van der Waals surface area contributed by atoms with Crippen LogP contribution in [0.1, 0.15) is 32.1 Å². The molecule has 0 bridgehead atoms. The average Bonchev–Trinajstić information content (AvgIpc) is 2.72. The Kier molecular flexibility index (Phi) is 3.79. The third kappa shape index (κ3) is 2.69. The van der Waals surface area contributed by atoms with Gasteiger partial charge in [-0.05, 0) is 39.2 Å². The lowest BCUT2D eigenvalue weighted by Crippen LogP contribution is -2.34. The second kappa shape index (κ2) is 5.10. The summed E-state index contributed by atoms with van der Waals surface area (Å²) in [5.74, 6) is 0. The molecule has 1 aliphatic heterocycles. The molecule has 0 spiro atoms. The first-order valence-electron chi connectivity index (χ1n) is 5.79. The fourth-order valence-electron chi connectivity index (χ4n) is 2.38. The molecule has 2 fully saturated rings. The first-order valence-corrected chi connectivity index (χ1v) is 5.79. The largest absolute Gasteiger partial charge is 0.379 e. The van der Waals surface area contributed by atoms with Crippen molar-refractivity contribution < 1.29 is 9.47 Å². The molecule has 0 aromatic heterocycles. The molecule has 1 saturated heterocycles. The minimum absolute atomic E-state index is 0.381. The Morgan fingerprint density at radius 2 is 1.86 bits per heavy atom. The van der Waals surface area contributed by atoms with E-state index < -0.39 is 0 Å². The molecule has 3 nitrogen and oxygen atoms in total. The van der Waals surface area contributed by atoms with Gasteiger partial charge in [-0.1, -0.05) is 0 Å². The van der Waals surface area contributed by atoms with Gasteiger partial charge in [-0.3, -0.25) is 0 Å². The van der Waals surface area contributed by atoms with E-state index in [0.717, 1.165) is 25.7 Å². The molecule has 0 amide bonds. The molecule has 14 heavy (non-hydrogen) atoms. The fraction of sp³-hybridized carbons (Fsp3) is 1.00. The molecular formula is C11H21NO2. The van der Waals surface area contributed by atoms with Crippen molar-refractivity contribution in [3.8, 4) is 0 Å². The van der Waals surface area contributed by atoms with E-state index in [2.05, 4.69) is 12.4 Å². The molecule has 0 radical (unpaired) electrons. The van der Waals surface area contributed by atoms with Crippen molar-refractivity contribution in [2.24, 2.45) is 0 Å². The third-order valence-corrected chi connectivity index (χ3v) is 3.36. The van der Waals surface area contributed by atoms with Gasteiger partial charge in [0.2, 0.25) is 0 Å². The maximum atomic E-state index is 5.99. The summed E-state index contributed by atoms with van der Waals surface area (Å²) in [5, 5.41) is 3.34. The van der Waals surface area contributed by atoms with Crippen molar-refractivity contribution in [2.75, 3.05) is 20.3 Å². The van der Waals surface area contributed by atoms with E-state index in [4.69, 9.17) is 9.47 Å². The van der Waals surface area contributed by atoms with Crippen LogP contribution in [-0.4, -0.2) is 38.5 Å². The van der Waals surface area contributed by atoms with Crippen LogP contribution in [0, 0.1) is 0 Å². The molecule has 1 heterocycles. The summed E-state index contributed by atoms with van der Waals surface area (Å²) in [5.41, 5.74) is 0. The summed E-state index contributed by atoms with van der Waals surface area (Å²) in [7, 11) is 2.05. The van der Waals surface area contributed by atoms with Crippen molar-refractivity contribution >= 4 is 0 Å². The molecule has 2 rings (SSSR count). The van der Waals surface area contributed by atoms with Crippen LogP contribution >= 0.6 is 0 Å². The molecule has 1 atom stereocenters. The van der Waals surface area contributed by atoms with Crippen LogP contribution in [0.3, 0.4) is 0 Å². The SMILES string of the molecule is CNC1CCC(OC2CCOC2)CC1. The lowest BCUT2D eigenvalue weighted by Gasteiger charge is -2.29. The lowest BCUT2D eigenvalue weighted by molar-refractivity contribution is -0.0351. The van der Waals surface area contributed by atoms with Crippen molar-refractivity contribution in [2.45, 2.75) is 50.4 Å². The number of hydrogen-bond acceptors (Lipinski definition) is 3. The highest BCUT2D eigenvalue weighted by Crippen LogP contribution is 2.23. The molecule has 82 valence electrons. The van der Waals surface area contributed by atoms with Gasteiger partial charge in [-0.2, -0.15) is 0 Å². The van der Waals surface area contributed by atoms with Crippen molar-refractivity contribution in [1.82, 2.24) is 5.32 Å². The van der Waals surface area contributed by atoms with Crippen LogP contribution in [0.4, 0.5) is 0 Å². The highest BCUT2D eigenvalue weighted by Gasteiger charge is 2.25. The van der Waals surface area contributed by atoms with E-state index in [1.54, 1.807) is 0 Å². The number of nitrogens with one attached hydrogen (secondary N) is 1. The predicted molar refractivity (Wildman–Crippen MR) is 55.4 cm³/mol. The second-order valence-electron chi connectivity index (χ2n) is 4.38. The fourth-order valence-corrected chi connectivity index (χ4v) is 2.38. The molecule has 1 aliphatic carbocycles. The van der Waals surface area contributed by atoms with Gasteiger partial charge in [0.1, 0.15) is 0 Å². The normalized spacial score (nSPS) is 38.8. The standard InChI is InChI=1S/C11H21NO2/c1-12-9-2-4-10(5-3-9)14-11-6-7-13-8-11/h9-12H,2-8H2,1H3. The monoisotopic (exact) mass is 199 g/mol. The Labute approximate surface area is 86.2 Å². The predicted octanol–water partition coefficient (Wildman–Crippen LogP) is 1.32. The minimum atomic E-state index is 0.381. The summed E-state index contributed by atoms with van der Waals surface area (Å²) in [4.78, 5) is 0. The highest BCUT2D eigenvalue weighted by molar-refractivity contribution is 4.78. The van der Waals surface area contributed by atoms with E-state index >= 15 is 0 Å². The first kappa shape index (κ1) is 10.4. The zero-order valence-corrected chi connectivity index (χ0v) is 9.00. The molecule has 3 heteroatoms. The second-order valence-corrected chi connectivity index (χ2v) is 4.38. The van der Waals surface area contributed by atoms with Gasteiger partial charge >= 0.3 is 0 Å². The van der Waals surface area contributed by atoms with Gasteiger partial charge in [0.15, 0.2) is 0 Å². The number of rotatable bonds is 3. The Bertz CT molecular complexity index is 161. The lowest BCUT2D eigenvalue weighted by atomic mass is 9.93. The van der Waals surface area contributed by atoms with Crippen LogP contribution in [0.25, 0.3) is 0 Å². The first-order chi connectivity index (χ1) is 6.88. The molecule has 0 aromatic rings. The number of hydrogen-bond donors (Lipinski definition) is 1.